The van der Waals surface area contributed by atoms with Crippen molar-refractivity contribution >= 4 is 6.08 Å². The topological polar surface area (TPSA) is 12.0 Å². The molecular formula is C14H21N. The predicted octanol–water partition coefficient (Wildman–Crippen LogP) is 3.48. The molecule has 1 aromatic rings. The van der Waals surface area contributed by atoms with Crippen molar-refractivity contribution < 1.29 is 0 Å². The Morgan fingerprint density at radius 1 is 1.27 bits per heavy atom. The first kappa shape index (κ1) is 12.0. The van der Waals surface area contributed by atoms with Crippen molar-refractivity contribution in [2.45, 2.75) is 26.7 Å². The average molecular weight is 203 g/mol. The molecule has 1 heteroatoms. The molecule has 0 atom stereocenters. The first-order valence-electron chi connectivity index (χ1n) is 5.76. The fourth-order valence-corrected chi connectivity index (χ4v) is 1.47. The van der Waals surface area contributed by atoms with Crippen LogP contribution in [0.15, 0.2) is 35.9 Å². The molecule has 0 fully saturated rings. The zero-order valence-corrected chi connectivity index (χ0v) is 9.79. The molecule has 0 aromatic heterocycles. The van der Waals surface area contributed by atoms with Gasteiger partial charge < -0.3 is 5.32 Å². The van der Waals surface area contributed by atoms with Crippen LogP contribution in [-0.2, 0) is 0 Å². The van der Waals surface area contributed by atoms with Gasteiger partial charge in [0, 0.05) is 6.54 Å². The summed E-state index contributed by atoms with van der Waals surface area (Å²) < 4.78 is 0. The van der Waals surface area contributed by atoms with Crippen LogP contribution in [0.5, 0.6) is 0 Å². The highest BCUT2D eigenvalue weighted by Crippen LogP contribution is 2.04. The van der Waals surface area contributed by atoms with E-state index in [-0.39, 0.29) is 0 Å². The van der Waals surface area contributed by atoms with E-state index in [9.17, 15) is 0 Å². The average Bonchev–Trinajstić information content (AvgIpc) is 2.26. The van der Waals surface area contributed by atoms with E-state index >= 15 is 0 Å². The number of unbranched alkanes of at least 4 members (excludes halogenated alkanes) is 1. The minimum Gasteiger partial charge on any atom is -0.313 e. The van der Waals surface area contributed by atoms with E-state index in [1.165, 1.54) is 24.0 Å². The fraction of sp³-hybridized carbons (Fsp3) is 0.429. The van der Waals surface area contributed by atoms with Crippen LogP contribution in [0.2, 0.25) is 0 Å². The van der Waals surface area contributed by atoms with Crippen molar-refractivity contribution in [3.8, 4) is 0 Å². The molecular weight excluding hydrogens is 182 g/mol. The van der Waals surface area contributed by atoms with Gasteiger partial charge in [0.05, 0.1) is 0 Å². The number of hydrogen-bond donors (Lipinski definition) is 1. The Balaban J connectivity index is 2.33. The lowest BCUT2D eigenvalue weighted by Crippen LogP contribution is -2.17. The van der Waals surface area contributed by atoms with Crippen LogP contribution < -0.4 is 5.32 Å². The molecule has 1 N–H and O–H groups in total. The minimum atomic E-state index is 0.995. The molecule has 1 rings (SSSR count). The maximum atomic E-state index is 3.44. The molecule has 15 heavy (non-hydrogen) atoms. The van der Waals surface area contributed by atoms with Crippen molar-refractivity contribution in [2.75, 3.05) is 13.1 Å². The smallest absolute Gasteiger partial charge is 0.0165 e. The van der Waals surface area contributed by atoms with Gasteiger partial charge in [0.1, 0.15) is 0 Å². The summed E-state index contributed by atoms with van der Waals surface area (Å²) in [6, 6.07) is 10.5. The highest BCUT2D eigenvalue weighted by Gasteiger charge is 1.90. The van der Waals surface area contributed by atoms with Crippen LogP contribution in [0.25, 0.3) is 6.08 Å². The van der Waals surface area contributed by atoms with Crippen LogP contribution in [0, 0.1) is 0 Å². The number of hydrogen-bond acceptors (Lipinski definition) is 1. The molecule has 0 amide bonds. The van der Waals surface area contributed by atoms with Crippen LogP contribution in [0.4, 0.5) is 0 Å². The summed E-state index contributed by atoms with van der Waals surface area (Å²) in [6.07, 6.45) is 4.76. The Labute approximate surface area is 93.2 Å². The van der Waals surface area contributed by atoms with Gasteiger partial charge in [-0.05, 0) is 25.5 Å². The predicted molar refractivity (Wildman–Crippen MR) is 67.9 cm³/mol. The van der Waals surface area contributed by atoms with E-state index < -0.39 is 0 Å². The molecule has 0 aliphatic carbocycles. The molecule has 0 unspecified atom stereocenters. The van der Waals surface area contributed by atoms with Crippen LogP contribution >= 0.6 is 0 Å². The molecule has 1 nitrogen and oxygen atoms in total. The van der Waals surface area contributed by atoms with E-state index in [4.69, 9.17) is 0 Å². The number of rotatable bonds is 6. The van der Waals surface area contributed by atoms with Gasteiger partial charge in [0.2, 0.25) is 0 Å². The van der Waals surface area contributed by atoms with Gasteiger partial charge in [-0.1, -0.05) is 55.3 Å². The van der Waals surface area contributed by atoms with Crippen molar-refractivity contribution in [3.05, 3.63) is 41.5 Å². The summed E-state index contributed by atoms with van der Waals surface area (Å²) in [7, 11) is 0. The summed E-state index contributed by atoms with van der Waals surface area (Å²) in [5.41, 5.74) is 2.67. The lowest BCUT2D eigenvalue weighted by molar-refractivity contribution is 0.672. The Morgan fingerprint density at radius 3 is 2.67 bits per heavy atom. The summed E-state index contributed by atoms with van der Waals surface area (Å²) in [6.45, 7) is 6.51. The van der Waals surface area contributed by atoms with E-state index in [1.807, 2.05) is 6.07 Å². The van der Waals surface area contributed by atoms with Crippen molar-refractivity contribution in [3.63, 3.8) is 0 Å². The fourth-order valence-electron chi connectivity index (χ4n) is 1.47. The molecule has 1 aromatic carbocycles. The molecule has 0 aliphatic heterocycles. The standard InChI is InChI=1S/C14H21N/c1-3-4-10-15-12-13(2)11-14-8-6-5-7-9-14/h5-9,11,15H,3-4,10,12H2,1-2H3/b13-11-. The third-order valence-electron chi connectivity index (χ3n) is 2.32. The van der Waals surface area contributed by atoms with E-state index in [0.29, 0.717) is 0 Å². The summed E-state index contributed by atoms with van der Waals surface area (Å²) in [5, 5.41) is 3.44. The van der Waals surface area contributed by atoms with Gasteiger partial charge in [-0.3, -0.25) is 0 Å². The zero-order chi connectivity index (χ0) is 10.9. The lowest BCUT2D eigenvalue weighted by Gasteiger charge is -2.04. The van der Waals surface area contributed by atoms with Gasteiger partial charge >= 0.3 is 0 Å². The SMILES string of the molecule is CCCCNC/C(C)=C\c1ccccc1. The molecule has 0 radical (unpaired) electrons. The second-order valence-corrected chi connectivity index (χ2v) is 3.93. The van der Waals surface area contributed by atoms with E-state index in [1.54, 1.807) is 0 Å². The quantitative estimate of drug-likeness (QED) is 0.698. The lowest BCUT2D eigenvalue weighted by atomic mass is 10.1. The van der Waals surface area contributed by atoms with Gasteiger partial charge in [0.15, 0.2) is 0 Å². The first-order chi connectivity index (χ1) is 7.33. The second kappa shape index (κ2) is 7.24. The largest absolute Gasteiger partial charge is 0.313 e. The Bertz CT molecular complexity index is 287. The Morgan fingerprint density at radius 2 is 2.00 bits per heavy atom. The summed E-state index contributed by atoms with van der Waals surface area (Å²) in [4.78, 5) is 0. The van der Waals surface area contributed by atoms with Gasteiger partial charge in [0.25, 0.3) is 0 Å². The molecule has 0 saturated carbocycles. The highest BCUT2D eigenvalue weighted by molar-refractivity contribution is 5.52. The van der Waals surface area contributed by atoms with Crippen LogP contribution in [-0.4, -0.2) is 13.1 Å². The van der Waals surface area contributed by atoms with Gasteiger partial charge in [-0.15, -0.1) is 0 Å². The molecule has 0 aliphatic rings. The maximum Gasteiger partial charge on any atom is 0.0165 e. The Hall–Kier alpha value is -1.08. The van der Waals surface area contributed by atoms with E-state index in [0.717, 1.165) is 13.1 Å². The number of nitrogens with one attached hydrogen (secondary N) is 1. The molecule has 0 bridgehead atoms. The minimum absolute atomic E-state index is 0.995. The first-order valence-corrected chi connectivity index (χ1v) is 5.76. The highest BCUT2D eigenvalue weighted by atomic mass is 14.8. The summed E-state index contributed by atoms with van der Waals surface area (Å²) >= 11 is 0. The van der Waals surface area contributed by atoms with Crippen LogP contribution in [0.3, 0.4) is 0 Å². The van der Waals surface area contributed by atoms with Gasteiger partial charge in [-0.2, -0.15) is 0 Å². The third kappa shape index (κ3) is 5.38. The Kier molecular flexibility index (Phi) is 5.79. The van der Waals surface area contributed by atoms with Crippen LogP contribution in [0.1, 0.15) is 32.3 Å². The maximum absolute atomic E-state index is 3.44. The third-order valence-corrected chi connectivity index (χ3v) is 2.32. The summed E-state index contributed by atoms with van der Waals surface area (Å²) in [5.74, 6) is 0. The molecule has 0 saturated heterocycles. The zero-order valence-electron chi connectivity index (χ0n) is 9.79. The van der Waals surface area contributed by atoms with Gasteiger partial charge in [-0.25, -0.2) is 0 Å². The second-order valence-electron chi connectivity index (χ2n) is 3.93. The molecule has 0 heterocycles. The van der Waals surface area contributed by atoms with Crippen molar-refractivity contribution in [1.82, 2.24) is 5.32 Å². The molecule has 0 spiro atoms. The van der Waals surface area contributed by atoms with Crippen molar-refractivity contribution in [2.24, 2.45) is 0 Å². The number of benzene rings is 1. The molecule has 82 valence electrons. The van der Waals surface area contributed by atoms with Crippen molar-refractivity contribution in [1.29, 1.82) is 0 Å². The van der Waals surface area contributed by atoms with E-state index in [2.05, 4.69) is 49.5 Å². The normalized spacial score (nSPS) is 11.7. The monoisotopic (exact) mass is 203 g/mol.